The fourth-order valence-corrected chi connectivity index (χ4v) is 2.49. The quantitative estimate of drug-likeness (QED) is 0.659. The summed E-state index contributed by atoms with van der Waals surface area (Å²) >= 11 is 0. The zero-order chi connectivity index (χ0) is 13.9. The van der Waals surface area contributed by atoms with Crippen molar-refractivity contribution in [2.75, 3.05) is 13.7 Å². The summed E-state index contributed by atoms with van der Waals surface area (Å²) in [6.45, 7) is 0.364. The first kappa shape index (κ1) is 13.5. The summed E-state index contributed by atoms with van der Waals surface area (Å²) in [5.41, 5.74) is 1.45. The highest BCUT2D eigenvalue weighted by molar-refractivity contribution is 5.89. The number of methoxy groups -OCH3 is 1. The van der Waals surface area contributed by atoms with E-state index in [2.05, 4.69) is 5.16 Å². The minimum atomic E-state index is -0.475. The maximum absolute atomic E-state index is 9.16. The van der Waals surface area contributed by atoms with E-state index in [0.717, 1.165) is 5.56 Å². The van der Waals surface area contributed by atoms with E-state index in [0.29, 0.717) is 18.7 Å². The molecule has 2 saturated heterocycles. The minimum Gasteiger partial charge on any atom is -0.411 e. The van der Waals surface area contributed by atoms with Crippen molar-refractivity contribution in [3.05, 3.63) is 35.9 Å². The van der Waals surface area contributed by atoms with Crippen LogP contribution in [-0.4, -0.2) is 43.1 Å². The van der Waals surface area contributed by atoms with Crippen LogP contribution in [-0.2, 0) is 18.9 Å². The van der Waals surface area contributed by atoms with Crippen LogP contribution in [0.3, 0.4) is 0 Å². The van der Waals surface area contributed by atoms with Crippen molar-refractivity contribution in [2.45, 2.75) is 31.2 Å². The third-order valence-corrected chi connectivity index (χ3v) is 3.51. The lowest BCUT2D eigenvalue weighted by atomic mass is 10.0. The van der Waals surface area contributed by atoms with E-state index in [-0.39, 0.29) is 6.10 Å². The number of benzene rings is 1. The van der Waals surface area contributed by atoms with Gasteiger partial charge in [0, 0.05) is 19.1 Å². The van der Waals surface area contributed by atoms with Crippen LogP contribution in [0.1, 0.15) is 18.3 Å². The fourth-order valence-electron chi connectivity index (χ4n) is 2.49. The summed E-state index contributed by atoms with van der Waals surface area (Å²) in [4.78, 5) is 0. The van der Waals surface area contributed by atoms with Gasteiger partial charge in [-0.05, 0) is 0 Å². The zero-order valence-electron chi connectivity index (χ0n) is 11.1. The number of nitrogens with zero attached hydrogens (tertiary/aromatic N) is 1. The van der Waals surface area contributed by atoms with Gasteiger partial charge in [-0.15, -0.1) is 0 Å². The third kappa shape index (κ3) is 2.55. The lowest BCUT2D eigenvalue weighted by Crippen LogP contribution is -2.53. The molecule has 0 amide bonds. The number of oxime groups is 1. The minimum absolute atomic E-state index is 0.320. The highest BCUT2D eigenvalue weighted by Crippen LogP contribution is 2.32. The normalized spacial score (nSPS) is 35.8. The lowest BCUT2D eigenvalue weighted by molar-refractivity contribution is -0.286. The first-order valence-corrected chi connectivity index (χ1v) is 6.53. The summed E-state index contributed by atoms with van der Waals surface area (Å²) < 4.78 is 22.4. The summed E-state index contributed by atoms with van der Waals surface area (Å²) in [6.07, 6.45) is -1.25. The summed E-state index contributed by atoms with van der Waals surface area (Å²) in [5.74, 6) is 0. The Balaban J connectivity index is 1.76. The van der Waals surface area contributed by atoms with Gasteiger partial charge in [-0.3, -0.25) is 0 Å². The van der Waals surface area contributed by atoms with E-state index < -0.39 is 18.7 Å². The summed E-state index contributed by atoms with van der Waals surface area (Å²) in [6, 6.07) is 9.65. The molecule has 1 N–H and O–H groups in total. The molecule has 1 aromatic carbocycles. The van der Waals surface area contributed by atoms with Crippen molar-refractivity contribution in [1.82, 2.24) is 0 Å². The van der Waals surface area contributed by atoms with Crippen LogP contribution in [0.2, 0.25) is 0 Å². The highest BCUT2D eigenvalue weighted by atomic mass is 16.7. The van der Waals surface area contributed by atoms with Crippen LogP contribution in [0.25, 0.3) is 0 Å². The van der Waals surface area contributed by atoms with E-state index in [4.69, 9.17) is 24.2 Å². The average molecular weight is 279 g/mol. The van der Waals surface area contributed by atoms with Crippen LogP contribution in [0.15, 0.2) is 35.5 Å². The molecule has 2 aliphatic heterocycles. The lowest BCUT2D eigenvalue weighted by Gasteiger charge is -2.41. The molecule has 6 nitrogen and oxygen atoms in total. The number of hydrogen-bond acceptors (Lipinski definition) is 6. The van der Waals surface area contributed by atoms with Crippen LogP contribution in [0, 0.1) is 0 Å². The van der Waals surface area contributed by atoms with Crippen molar-refractivity contribution in [3.8, 4) is 0 Å². The molecule has 0 saturated carbocycles. The molecule has 2 aliphatic rings. The zero-order valence-corrected chi connectivity index (χ0v) is 11.1. The molecule has 6 heteroatoms. The molecular weight excluding hydrogens is 262 g/mol. The van der Waals surface area contributed by atoms with Gasteiger partial charge in [0.15, 0.2) is 12.6 Å². The Kier molecular flexibility index (Phi) is 3.98. The van der Waals surface area contributed by atoms with Crippen molar-refractivity contribution in [2.24, 2.45) is 5.16 Å². The van der Waals surface area contributed by atoms with E-state index >= 15 is 0 Å². The molecule has 0 unspecified atom stereocenters. The molecule has 0 aromatic heterocycles. The number of hydrogen-bond donors (Lipinski definition) is 1. The molecule has 2 heterocycles. The average Bonchev–Trinajstić information content (AvgIpc) is 2.54. The maximum atomic E-state index is 9.16. The van der Waals surface area contributed by atoms with Crippen molar-refractivity contribution in [1.29, 1.82) is 0 Å². The van der Waals surface area contributed by atoms with Crippen LogP contribution < -0.4 is 0 Å². The standard InChI is InChI=1S/C14H17NO5/c1-17-12-7-10(15-16)13-11(19-12)8-18-14(20-13)9-5-3-2-4-6-9/h2-6,11-14,16H,7-8H2,1H3/b15-10+/t11-,12-,13+,14-/m0/s1. The van der Waals surface area contributed by atoms with Gasteiger partial charge < -0.3 is 24.2 Å². The third-order valence-electron chi connectivity index (χ3n) is 3.51. The van der Waals surface area contributed by atoms with Crippen LogP contribution in [0.5, 0.6) is 0 Å². The Labute approximate surface area is 116 Å². The highest BCUT2D eigenvalue weighted by Gasteiger charge is 2.42. The monoisotopic (exact) mass is 279 g/mol. The second kappa shape index (κ2) is 5.88. The van der Waals surface area contributed by atoms with E-state index in [1.165, 1.54) is 0 Å². The molecule has 108 valence electrons. The second-order valence-corrected chi connectivity index (χ2v) is 4.77. The van der Waals surface area contributed by atoms with Gasteiger partial charge in [0.05, 0.1) is 12.3 Å². The largest absolute Gasteiger partial charge is 0.411 e. The Morgan fingerprint density at radius 2 is 2.05 bits per heavy atom. The molecule has 0 aliphatic carbocycles. The van der Waals surface area contributed by atoms with Crippen molar-refractivity contribution in [3.63, 3.8) is 0 Å². The van der Waals surface area contributed by atoms with Crippen molar-refractivity contribution < 1.29 is 24.2 Å². The molecule has 20 heavy (non-hydrogen) atoms. The predicted octanol–water partition coefficient (Wildman–Crippen LogP) is 1.69. The fraction of sp³-hybridized carbons (Fsp3) is 0.500. The van der Waals surface area contributed by atoms with Gasteiger partial charge in [-0.2, -0.15) is 0 Å². The molecule has 0 spiro atoms. The molecule has 4 atom stereocenters. The summed E-state index contributed by atoms with van der Waals surface area (Å²) in [7, 11) is 1.55. The molecule has 0 radical (unpaired) electrons. The first-order valence-electron chi connectivity index (χ1n) is 6.53. The molecule has 2 fully saturated rings. The van der Waals surface area contributed by atoms with Crippen molar-refractivity contribution >= 4 is 5.71 Å². The van der Waals surface area contributed by atoms with Gasteiger partial charge >= 0.3 is 0 Å². The molecule has 1 aromatic rings. The van der Waals surface area contributed by atoms with E-state index in [9.17, 15) is 0 Å². The molecule has 3 rings (SSSR count). The number of ether oxygens (including phenoxy) is 4. The number of rotatable bonds is 2. The Morgan fingerprint density at radius 3 is 2.75 bits per heavy atom. The maximum Gasteiger partial charge on any atom is 0.184 e. The Hall–Kier alpha value is -1.47. The van der Waals surface area contributed by atoms with Gasteiger partial charge in [0.25, 0.3) is 0 Å². The number of fused-ring (bicyclic) bond motifs is 1. The van der Waals surface area contributed by atoms with E-state index in [1.54, 1.807) is 7.11 Å². The SMILES string of the molecule is CO[C@@H]1C/C(=N\O)[C@H]2O[C@@H](c3ccccc3)OC[C@@H]2O1. The molecule has 0 bridgehead atoms. The predicted molar refractivity (Wildman–Crippen MR) is 69.5 cm³/mol. The Morgan fingerprint density at radius 1 is 1.25 bits per heavy atom. The Bertz CT molecular complexity index is 478. The first-order chi connectivity index (χ1) is 9.81. The summed E-state index contributed by atoms with van der Waals surface area (Å²) in [5, 5.41) is 12.5. The molecular formula is C14H17NO5. The topological polar surface area (TPSA) is 69.5 Å². The van der Waals surface area contributed by atoms with Gasteiger partial charge in [0.1, 0.15) is 12.2 Å². The smallest absolute Gasteiger partial charge is 0.184 e. The second-order valence-electron chi connectivity index (χ2n) is 4.77. The van der Waals surface area contributed by atoms with Gasteiger partial charge in [-0.25, -0.2) is 0 Å². The van der Waals surface area contributed by atoms with Crippen LogP contribution >= 0.6 is 0 Å². The van der Waals surface area contributed by atoms with E-state index in [1.807, 2.05) is 30.3 Å². The van der Waals surface area contributed by atoms with Gasteiger partial charge in [-0.1, -0.05) is 35.5 Å². The van der Waals surface area contributed by atoms with Gasteiger partial charge in [0.2, 0.25) is 0 Å². The van der Waals surface area contributed by atoms with Crippen LogP contribution in [0.4, 0.5) is 0 Å².